The number of fused-ring (bicyclic) bond motifs is 1. The Morgan fingerprint density at radius 1 is 1.00 bits per heavy atom. The molecule has 0 aliphatic heterocycles. The van der Waals surface area contributed by atoms with E-state index < -0.39 is 5.76 Å². The average molecular weight is 394 g/mol. The molecule has 2 aromatic heterocycles. The highest BCUT2D eigenvalue weighted by molar-refractivity contribution is 5.74. The van der Waals surface area contributed by atoms with E-state index in [-0.39, 0.29) is 5.95 Å². The van der Waals surface area contributed by atoms with Crippen molar-refractivity contribution in [1.82, 2.24) is 14.5 Å². The predicted molar refractivity (Wildman–Crippen MR) is 107 cm³/mol. The van der Waals surface area contributed by atoms with E-state index in [1.54, 1.807) is 42.6 Å². The van der Waals surface area contributed by atoms with E-state index in [0.29, 0.717) is 39.9 Å². The molecule has 0 saturated carbocycles. The summed E-state index contributed by atoms with van der Waals surface area (Å²) in [7, 11) is 4.61. The summed E-state index contributed by atoms with van der Waals surface area (Å²) in [5, 5.41) is 3.09. The zero-order chi connectivity index (χ0) is 20.4. The van der Waals surface area contributed by atoms with Crippen molar-refractivity contribution in [3.8, 4) is 23.1 Å². The largest absolute Gasteiger partial charge is 0.493 e. The Balaban J connectivity index is 1.74. The summed E-state index contributed by atoms with van der Waals surface area (Å²) in [6, 6.07) is 12.2. The summed E-state index contributed by atoms with van der Waals surface area (Å²) in [4.78, 5) is 21.0. The van der Waals surface area contributed by atoms with Crippen molar-refractivity contribution >= 4 is 22.7 Å². The third-order valence-electron chi connectivity index (χ3n) is 4.28. The second-order valence-corrected chi connectivity index (χ2v) is 5.95. The van der Waals surface area contributed by atoms with E-state index in [1.165, 1.54) is 25.9 Å². The molecule has 0 aliphatic carbocycles. The lowest BCUT2D eigenvalue weighted by atomic mass is 10.2. The van der Waals surface area contributed by atoms with Crippen LogP contribution in [0, 0.1) is 0 Å². The minimum absolute atomic E-state index is 0.286. The molecule has 9 nitrogen and oxygen atoms in total. The molecule has 9 heteroatoms. The lowest BCUT2D eigenvalue weighted by molar-refractivity contribution is 0.324. The number of anilines is 2. The van der Waals surface area contributed by atoms with Gasteiger partial charge in [-0.3, -0.25) is 0 Å². The van der Waals surface area contributed by atoms with Crippen LogP contribution in [0.15, 0.2) is 57.9 Å². The van der Waals surface area contributed by atoms with Crippen molar-refractivity contribution < 1.29 is 18.6 Å². The lowest BCUT2D eigenvalue weighted by Gasteiger charge is -2.14. The summed E-state index contributed by atoms with van der Waals surface area (Å²) >= 11 is 0. The molecule has 1 N–H and O–H groups in total. The highest BCUT2D eigenvalue weighted by atomic mass is 16.5. The van der Waals surface area contributed by atoms with Crippen molar-refractivity contribution in [2.75, 3.05) is 26.6 Å². The highest BCUT2D eigenvalue weighted by Crippen LogP contribution is 2.40. The third-order valence-corrected chi connectivity index (χ3v) is 4.28. The van der Waals surface area contributed by atoms with Gasteiger partial charge in [0, 0.05) is 30.1 Å². The molecule has 2 heterocycles. The van der Waals surface area contributed by atoms with Crippen LogP contribution < -0.4 is 25.3 Å². The van der Waals surface area contributed by atoms with Crippen LogP contribution in [0.4, 0.5) is 11.6 Å². The van der Waals surface area contributed by atoms with E-state index in [0.717, 1.165) is 0 Å². The number of nitrogens with one attached hydrogen (secondary N) is 1. The maximum Gasteiger partial charge on any atom is 0.425 e. The summed E-state index contributed by atoms with van der Waals surface area (Å²) in [6.07, 6.45) is 1.55. The van der Waals surface area contributed by atoms with E-state index in [2.05, 4.69) is 15.3 Å². The summed E-state index contributed by atoms with van der Waals surface area (Å²) in [6.45, 7) is 0. The van der Waals surface area contributed by atoms with Gasteiger partial charge in [0.1, 0.15) is 5.82 Å². The van der Waals surface area contributed by atoms with Gasteiger partial charge >= 0.3 is 5.76 Å². The summed E-state index contributed by atoms with van der Waals surface area (Å²) in [5.74, 6) is 1.60. The van der Waals surface area contributed by atoms with Crippen LogP contribution in [0.1, 0.15) is 0 Å². The van der Waals surface area contributed by atoms with Crippen LogP contribution in [0.2, 0.25) is 0 Å². The van der Waals surface area contributed by atoms with E-state index in [4.69, 9.17) is 18.6 Å². The molecule has 4 rings (SSSR count). The number of ether oxygens (including phenoxy) is 3. The maximum absolute atomic E-state index is 12.3. The van der Waals surface area contributed by atoms with Crippen molar-refractivity contribution in [3.05, 3.63) is 59.2 Å². The molecule has 0 radical (unpaired) electrons. The van der Waals surface area contributed by atoms with E-state index in [9.17, 15) is 4.79 Å². The number of oxazole rings is 1. The van der Waals surface area contributed by atoms with Gasteiger partial charge in [-0.05, 0) is 12.1 Å². The van der Waals surface area contributed by atoms with Gasteiger partial charge in [-0.2, -0.15) is 4.98 Å². The second-order valence-electron chi connectivity index (χ2n) is 5.95. The predicted octanol–water partition coefficient (Wildman–Crippen LogP) is 3.14. The smallest absolute Gasteiger partial charge is 0.425 e. The molecule has 4 aromatic rings. The van der Waals surface area contributed by atoms with Crippen LogP contribution in [0.5, 0.6) is 17.2 Å². The van der Waals surface area contributed by atoms with Crippen LogP contribution >= 0.6 is 0 Å². The first-order valence-corrected chi connectivity index (χ1v) is 8.65. The SMILES string of the molecule is COc1cc(Nc2nccc(-n3c(=O)oc4ccccc43)n2)cc(OC)c1OC. The molecule has 0 fully saturated rings. The van der Waals surface area contributed by atoms with Gasteiger partial charge in [0.2, 0.25) is 11.7 Å². The van der Waals surface area contributed by atoms with Crippen LogP contribution in [-0.4, -0.2) is 35.9 Å². The second kappa shape index (κ2) is 7.55. The Morgan fingerprint density at radius 2 is 1.72 bits per heavy atom. The standard InChI is InChI=1S/C20H18N4O5/c1-26-15-10-12(11-16(27-2)18(15)28-3)22-19-21-9-8-17(23-19)24-13-6-4-5-7-14(13)29-20(24)25/h4-11H,1-3H3,(H,21,22,23). The quantitative estimate of drug-likeness (QED) is 0.532. The molecule has 0 spiro atoms. The number of nitrogens with zero attached hydrogens (tertiary/aromatic N) is 3. The van der Waals surface area contributed by atoms with Crippen LogP contribution in [0.25, 0.3) is 16.9 Å². The van der Waals surface area contributed by atoms with Gasteiger partial charge < -0.3 is 23.9 Å². The molecule has 0 bridgehead atoms. The van der Waals surface area contributed by atoms with Crippen LogP contribution in [0.3, 0.4) is 0 Å². The fourth-order valence-electron chi connectivity index (χ4n) is 3.00. The number of para-hydroxylation sites is 2. The molecule has 0 unspecified atom stereocenters. The highest BCUT2D eigenvalue weighted by Gasteiger charge is 2.15. The van der Waals surface area contributed by atoms with Crippen LogP contribution in [-0.2, 0) is 0 Å². The molecule has 29 heavy (non-hydrogen) atoms. The van der Waals surface area contributed by atoms with Gasteiger partial charge in [0.15, 0.2) is 17.1 Å². The van der Waals surface area contributed by atoms with Crippen molar-refractivity contribution in [2.45, 2.75) is 0 Å². The molecular weight excluding hydrogens is 376 g/mol. The normalized spacial score (nSPS) is 10.7. The molecule has 0 aliphatic rings. The Hall–Kier alpha value is -4.01. The van der Waals surface area contributed by atoms with E-state index in [1.807, 2.05) is 6.07 Å². The maximum atomic E-state index is 12.3. The third kappa shape index (κ3) is 3.33. The van der Waals surface area contributed by atoms with Gasteiger partial charge in [0.25, 0.3) is 0 Å². The Kier molecular flexibility index (Phi) is 4.78. The fraction of sp³-hybridized carbons (Fsp3) is 0.150. The zero-order valence-corrected chi connectivity index (χ0v) is 16.0. The molecule has 0 saturated heterocycles. The van der Waals surface area contributed by atoms with Crippen molar-refractivity contribution in [2.24, 2.45) is 0 Å². The molecule has 148 valence electrons. The average Bonchev–Trinajstić information content (AvgIpc) is 3.08. The number of benzene rings is 2. The lowest BCUT2D eigenvalue weighted by Crippen LogP contribution is -2.14. The number of methoxy groups -OCH3 is 3. The van der Waals surface area contributed by atoms with Crippen molar-refractivity contribution in [1.29, 1.82) is 0 Å². The first-order chi connectivity index (χ1) is 14.1. The van der Waals surface area contributed by atoms with Crippen molar-refractivity contribution in [3.63, 3.8) is 0 Å². The monoisotopic (exact) mass is 394 g/mol. The zero-order valence-electron chi connectivity index (χ0n) is 16.0. The number of hydrogen-bond donors (Lipinski definition) is 1. The Bertz CT molecular complexity index is 1210. The first-order valence-electron chi connectivity index (χ1n) is 8.65. The fourth-order valence-corrected chi connectivity index (χ4v) is 3.00. The molecule has 2 aromatic carbocycles. The Labute approximate surface area is 165 Å². The first kappa shape index (κ1) is 18.4. The molecule has 0 amide bonds. The molecule has 0 atom stereocenters. The summed E-state index contributed by atoms with van der Waals surface area (Å²) < 4.78 is 22.7. The van der Waals surface area contributed by atoms with Gasteiger partial charge in [0.05, 0.1) is 26.8 Å². The van der Waals surface area contributed by atoms with Gasteiger partial charge in [-0.15, -0.1) is 0 Å². The minimum atomic E-state index is -0.524. The Morgan fingerprint density at radius 3 is 2.41 bits per heavy atom. The van der Waals surface area contributed by atoms with Gasteiger partial charge in [-0.1, -0.05) is 12.1 Å². The number of hydrogen-bond acceptors (Lipinski definition) is 8. The number of rotatable bonds is 6. The topological polar surface area (TPSA) is 101 Å². The van der Waals surface area contributed by atoms with E-state index >= 15 is 0 Å². The molecular formula is C20H18N4O5. The van der Waals surface area contributed by atoms with Gasteiger partial charge in [-0.25, -0.2) is 14.3 Å². The summed E-state index contributed by atoms with van der Waals surface area (Å²) in [5.41, 5.74) is 1.73. The minimum Gasteiger partial charge on any atom is -0.493 e. The number of aromatic nitrogens is 3.